The van der Waals surface area contributed by atoms with Crippen molar-refractivity contribution in [3.05, 3.63) is 59.7 Å². The minimum atomic E-state index is -1.05. The number of ether oxygens (including phenoxy) is 2. The summed E-state index contributed by atoms with van der Waals surface area (Å²) < 4.78 is 11.6. The van der Waals surface area contributed by atoms with Gasteiger partial charge in [0, 0.05) is 24.5 Å². The molecule has 0 aliphatic carbocycles. The first-order chi connectivity index (χ1) is 20.6. The normalized spacial score (nSPS) is 12.4. The van der Waals surface area contributed by atoms with Crippen molar-refractivity contribution in [2.24, 2.45) is 0 Å². The molecule has 0 fully saturated rings. The number of hydrogen-bond donors (Lipinski definition) is 4. The van der Waals surface area contributed by atoms with Gasteiger partial charge in [-0.2, -0.15) is 0 Å². The monoisotopic (exact) mass is 600 g/mol. The number of nitrogens with zero attached hydrogens (tertiary/aromatic N) is 2. The lowest BCUT2D eigenvalue weighted by atomic mass is 10.1. The third-order valence-electron chi connectivity index (χ3n) is 7.07. The van der Waals surface area contributed by atoms with Crippen molar-refractivity contribution >= 4 is 35.5 Å². The van der Waals surface area contributed by atoms with Gasteiger partial charge >= 0.3 is 24.1 Å². The number of hydrogen-bond acceptors (Lipinski definition) is 8. The number of anilines is 2. The second-order valence-electron chi connectivity index (χ2n) is 9.97. The predicted octanol–water partition coefficient (Wildman–Crippen LogP) is 5.47. The molecule has 236 valence electrons. The van der Waals surface area contributed by atoms with Gasteiger partial charge in [-0.1, -0.05) is 27.7 Å². The van der Waals surface area contributed by atoms with Gasteiger partial charge in [0.05, 0.1) is 11.1 Å². The van der Waals surface area contributed by atoms with Crippen molar-refractivity contribution in [1.82, 2.24) is 9.80 Å². The molecule has 0 heterocycles. The Bertz CT molecular complexity index is 1070. The van der Waals surface area contributed by atoms with Gasteiger partial charge < -0.3 is 29.5 Å². The maximum atomic E-state index is 12.7. The van der Waals surface area contributed by atoms with E-state index in [1.807, 2.05) is 27.7 Å². The number of carbonyl (C=O) groups is 4. The zero-order valence-corrected chi connectivity index (χ0v) is 25.4. The van der Waals surface area contributed by atoms with E-state index < -0.39 is 36.3 Å². The van der Waals surface area contributed by atoms with Crippen molar-refractivity contribution in [2.45, 2.75) is 59.2 Å². The molecule has 2 amide bonds. The lowest BCUT2D eigenvalue weighted by Gasteiger charge is -2.27. The minimum absolute atomic E-state index is 0.115. The number of likely N-dealkylation sites (N-methyl/N-ethyl adjacent to an activating group) is 2. The lowest BCUT2D eigenvalue weighted by molar-refractivity contribution is 0.0600. The molecule has 43 heavy (non-hydrogen) atoms. The van der Waals surface area contributed by atoms with Crippen LogP contribution in [0.1, 0.15) is 67.7 Å². The summed E-state index contributed by atoms with van der Waals surface area (Å²) in [5, 5.41) is 23.5. The van der Waals surface area contributed by atoms with Crippen LogP contribution >= 0.6 is 0 Å². The first-order valence-corrected chi connectivity index (χ1v) is 14.6. The van der Waals surface area contributed by atoms with Gasteiger partial charge in [0.15, 0.2) is 0 Å². The summed E-state index contributed by atoms with van der Waals surface area (Å²) in [6, 6.07) is 11.6. The van der Waals surface area contributed by atoms with Gasteiger partial charge in [0.1, 0.15) is 12.2 Å². The summed E-state index contributed by atoms with van der Waals surface area (Å²) in [5.41, 5.74) is 1.08. The molecule has 0 saturated heterocycles. The Morgan fingerprint density at radius 2 is 0.953 bits per heavy atom. The Hall–Kier alpha value is -4.16. The van der Waals surface area contributed by atoms with Crippen LogP contribution in [-0.4, -0.2) is 95.6 Å². The van der Waals surface area contributed by atoms with E-state index in [1.165, 1.54) is 48.5 Å². The fraction of sp³-hybridized carbons (Fsp3) is 0.484. The van der Waals surface area contributed by atoms with Gasteiger partial charge in [-0.15, -0.1) is 0 Å². The topological polar surface area (TPSA) is 158 Å². The summed E-state index contributed by atoms with van der Waals surface area (Å²) in [6.45, 7) is 12.4. The highest BCUT2D eigenvalue weighted by Crippen LogP contribution is 2.16. The molecule has 0 aliphatic heterocycles. The van der Waals surface area contributed by atoms with Gasteiger partial charge in [-0.25, -0.2) is 19.2 Å². The zero-order valence-electron chi connectivity index (χ0n) is 25.4. The highest BCUT2D eigenvalue weighted by Gasteiger charge is 2.22. The van der Waals surface area contributed by atoms with E-state index in [9.17, 15) is 19.2 Å². The number of amides is 2. The molecule has 2 rings (SSSR count). The molecular formula is C31H44N4O8. The molecule has 0 aliphatic rings. The molecular weight excluding hydrogens is 556 g/mol. The summed E-state index contributed by atoms with van der Waals surface area (Å²) in [7, 11) is 0. The molecule has 12 nitrogen and oxygen atoms in total. The van der Waals surface area contributed by atoms with E-state index in [0.717, 1.165) is 26.2 Å². The Labute approximate surface area is 253 Å². The fourth-order valence-corrected chi connectivity index (χ4v) is 4.48. The van der Waals surface area contributed by atoms with Gasteiger partial charge in [0.2, 0.25) is 0 Å². The first-order valence-electron chi connectivity index (χ1n) is 14.6. The second-order valence-corrected chi connectivity index (χ2v) is 9.97. The van der Waals surface area contributed by atoms with Crippen molar-refractivity contribution in [2.75, 3.05) is 49.9 Å². The summed E-state index contributed by atoms with van der Waals surface area (Å²) in [5.74, 6) is -2.10. The van der Waals surface area contributed by atoms with Crippen molar-refractivity contribution in [3.63, 3.8) is 0 Å². The maximum Gasteiger partial charge on any atom is 0.411 e. The number of benzene rings is 2. The Balaban J connectivity index is 2.03. The average molecular weight is 601 g/mol. The van der Waals surface area contributed by atoms with E-state index in [2.05, 4.69) is 20.4 Å². The number of nitrogens with one attached hydrogen (secondary N) is 2. The predicted molar refractivity (Wildman–Crippen MR) is 164 cm³/mol. The second kappa shape index (κ2) is 18.4. The quantitative estimate of drug-likeness (QED) is 0.173. The molecule has 2 aromatic rings. The number of carbonyl (C=O) groups excluding carboxylic acids is 2. The Morgan fingerprint density at radius 1 is 0.628 bits per heavy atom. The third kappa shape index (κ3) is 12.7. The lowest BCUT2D eigenvalue weighted by Crippen LogP contribution is -2.37. The number of carboxylic acids is 2. The molecule has 0 aromatic heterocycles. The smallest absolute Gasteiger partial charge is 0.411 e. The standard InChI is InChI=1S/C31H44N4O8/c1-5-34(6-2)20-26(42-30(40)32-24-16-12-22(13-17-24)28(36)37)10-9-11-27(21-35(7-3)8-4)43-31(41)33-25-18-14-23(15-19-25)29(38)39/h12-19,26-27H,5-11,20-21H2,1-4H3,(H,32,40)(H,33,41)(H,36,37)(H,38,39). The Morgan fingerprint density at radius 3 is 1.23 bits per heavy atom. The Kier molecular flexibility index (Phi) is 15.0. The first kappa shape index (κ1) is 35.0. The molecule has 0 radical (unpaired) electrons. The fourth-order valence-electron chi connectivity index (χ4n) is 4.48. The molecule has 2 unspecified atom stereocenters. The van der Waals surface area contributed by atoms with Crippen LogP contribution < -0.4 is 10.6 Å². The number of aromatic carboxylic acids is 2. The minimum Gasteiger partial charge on any atom is -0.478 e. The van der Waals surface area contributed by atoms with E-state index in [4.69, 9.17) is 19.7 Å². The maximum absolute atomic E-state index is 12.7. The highest BCUT2D eigenvalue weighted by atomic mass is 16.6. The van der Waals surface area contributed by atoms with E-state index >= 15 is 0 Å². The highest BCUT2D eigenvalue weighted by molar-refractivity contribution is 5.90. The van der Waals surface area contributed by atoms with E-state index in [1.54, 1.807) is 0 Å². The van der Waals surface area contributed by atoms with Crippen LogP contribution in [0.2, 0.25) is 0 Å². The molecule has 2 aromatic carbocycles. The molecule has 2 atom stereocenters. The summed E-state index contributed by atoms with van der Waals surface area (Å²) in [4.78, 5) is 51.9. The zero-order chi connectivity index (χ0) is 31.8. The van der Waals surface area contributed by atoms with Crippen LogP contribution in [0.5, 0.6) is 0 Å². The van der Waals surface area contributed by atoms with Crippen LogP contribution in [0.3, 0.4) is 0 Å². The number of rotatable bonds is 18. The van der Waals surface area contributed by atoms with Crippen LogP contribution in [0.4, 0.5) is 21.0 Å². The van der Waals surface area contributed by atoms with E-state index in [0.29, 0.717) is 43.7 Å². The number of carboxylic acid groups (broad SMARTS) is 2. The van der Waals surface area contributed by atoms with Crippen LogP contribution in [0, 0.1) is 0 Å². The molecule has 0 saturated carbocycles. The van der Waals surface area contributed by atoms with E-state index in [-0.39, 0.29) is 11.1 Å². The average Bonchev–Trinajstić information content (AvgIpc) is 2.98. The third-order valence-corrected chi connectivity index (χ3v) is 7.07. The van der Waals surface area contributed by atoms with Gasteiger partial charge in [-0.05, 0) is 94.0 Å². The van der Waals surface area contributed by atoms with Gasteiger partial charge in [0.25, 0.3) is 0 Å². The van der Waals surface area contributed by atoms with Crippen molar-refractivity contribution in [3.8, 4) is 0 Å². The summed E-state index contributed by atoms with van der Waals surface area (Å²) in [6.07, 6.45) is -0.410. The van der Waals surface area contributed by atoms with Crippen molar-refractivity contribution in [1.29, 1.82) is 0 Å². The van der Waals surface area contributed by atoms with Crippen LogP contribution in [0.25, 0.3) is 0 Å². The van der Waals surface area contributed by atoms with Crippen molar-refractivity contribution < 1.29 is 38.9 Å². The molecule has 0 bridgehead atoms. The molecule has 12 heteroatoms. The molecule has 0 spiro atoms. The molecule has 4 N–H and O–H groups in total. The van der Waals surface area contributed by atoms with Crippen LogP contribution in [0.15, 0.2) is 48.5 Å². The van der Waals surface area contributed by atoms with Gasteiger partial charge in [-0.3, -0.25) is 10.6 Å². The SMILES string of the molecule is CCN(CC)CC(CCCC(CN(CC)CC)OC(=O)Nc1ccc(C(=O)O)cc1)OC(=O)Nc1ccc(C(=O)O)cc1. The van der Waals surface area contributed by atoms with Crippen LogP contribution in [-0.2, 0) is 9.47 Å². The largest absolute Gasteiger partial charge is 0.478 e. The summed E-state index contributed by atoms with van der Waals surface area (Å²) >= 11 is 0.